The standard InChI is InChI=1S/C30H31Cl3FN3O4S/c1-2-28(30(39)35-22-8-6-7-9-22)36(18-20-12-13-21(31)16-25(20)32)29(38)19-37(23-14-15-27(34)26(33)17-23)42(40,41)24-10-4-3-5-11-24/h3-5,10-17,22,28H,2,6-9,18-19H2,1H3,(H,35,39)/t28-/m1/s1. The highest BCUT2D eigenvalue weighted by molar-refractivity contribution is 7.92. The van der Waals surface area contributed by atoms with Gasteiger partial charge in [0, 0.05) is 22.6 Å². The minimum atomic E-state index is -4.31. The molecule has 7 nitrogen and oxygen atoms in total. The third kappa shape index (κ3) is 7.56. The molecule has 1 aliphatic rings. The number of carbonyl (C=O) groups is 2. The van der Waals surface area contributed by atoms with Crippen molar-refractivity contribution < 1.29 is 22.4 Å². The quantitative estimate of drug-likeness (QED) is 0.245. The van der Waals surface area contributed by atoms with E-state index in [9.17, 15) is 22.4 Å². The summed E-state index contributed by atoms with van der Waals surface area (Å²) in [4.78, 5) is 28.9. The van der Waals surface area contributed by atoms with Crippen molar-refractivity contribution in [3.05, 3.63) is 93.2 Å². The number of benzene rings is 3. The van der Waals surface area contributed by atoms with Gasteiger partial charge in [-0.3, -0.25) is 13.9 Å². The lowest BCUT2D eigenvalue weighted by molar-refractivity contribution is -0.140. The van der Waals surface area contributed by atoms with Crippen LogP contribution in [0, 0.1) is 5.82 Å². The maximum atomic E-state index is 14.1. The minimum absolute atomic E-state index is 0.00784. The van der Waals surface area contributed by atoms with Crippen molar-refractivity contribution in [2.24, 2.45) is 0 Å². The molecule has 0 heterocycles. The molecule has 1 atom stereocenters. The molecule has 0 aliphatic heterocycles. The van der Waals surface area contributed by atoms with Crippen molar-refractivity contribution in [2.75, 3.05) is 10.8 Å². The molecule has 12 heteroatoms. The third-order valence-electron chi connectivity index (χ3n) is 7.24. The van der Waals surface area contributed by atoms with Gasteiger partial charge in [0.25, 0.3) is 10.0 Å². The number of nitrogens with one attached hydrogen (secondary N) is 1. The Morgan fingerprint density at radius 2 is 1.67 bits per heavy atom. The van der Waals surface area contributed by atoms with Gasteiger partial charge in [0.05, 0.1) is 15.6 Å². The fraction of sp³-hybridized carbons (Fsp3) is 0.333. The van der Waals surface area contributed by atoms with E-state index in [1.165, 1.54) is 29.2 Å². The molecule has 1 N–H and O–H groups in total. The first-order valence-corrected chi connectivity index (χ1v) is 16.1. The van der Waals surface area contributed by atoms with E-state index >= 15 is 0 Å². The molecule has 0 saturated heterocycles. The Bertz CT molecular complexity index is 1540. The number of anilines is 1. The number of hydrogen-bond donors (Lipinski definition) is 1. The lowest BCUT2D eigenvalue weighted by Gasteiger charge is -2.34. The Hall–Kier alpha value is -2.85. The number of sulfonamides is 1. The molecule has 0 unspecified atom stereocenters. The van der Waals surface area contributed by atoms with E-state index < -0.39 is 34.3 Å². The van der Waals surface area contributed by atoms with Crippen LogP contribution in [0.3, 0.4) is 0 Å². The van der Waals surface area contributed by atoms with Gasteiger partial charge >= 0.3 is 0 Å². The minimum Gasteiger partial charge on any atom is -0.352 e. The molecule has 0 aromatic heterocycles. The van der Waals surface area contributed by atoms with Crippen LogP contribution in [0.15, 0.2) is 71.6 Å². The predicted octanol–water partition coefficient (Wildman–Crippen LogP) is 6.85. The number of rotatable bonds is 11. The molecule has 1 aliphatic carbocycles. The van der Waals surface area contributed by atoms with E-state index in [0.717, 1.165) is 42.1 Å². The van der Waals surface area contributed by atoms with Gasteiger partial charge in [-0.1, -0.05) is 78.8 Å². The summed E-state index contributed by atoms with van der Waals surface area (Å²) in [5, 5.41) is 3.45. The van der Waals surface area contributed by atoms with Crippen LogP contribution in [0.25, 0.3) is 0 Å². The van der Waals surface area contributed by atoms with Crippen LogP contribution in [0.2, 0.25) is 15.1 Å². The topological polar surface area (TPSA) is 86.8 Å². The van der Waals surface area contributed by atoms with Crippen molar-refractivity contribution in [3.8, 4) is 0 Å². The average Bonchev–Trinajstić information content (AvgIpc) is 3.47. The average molecular weight is 655 g/mol. The number of halogens is 4. The van der Waals surface area contributed by atoms with Gasteiger partial charge in [-0.05, 0) is 67.3 Å². The number of nitrogens with zero attached hydrogens (tertiary/aromatic N) is 2. The Morgan fingerprint density at radius 3 is 2.29 bits per heavy atom. The molecule has 42 heavy (non-hydrogen) atoms. The van der Waals surface area contributed by atoms with E-state index in [1.807, 2.05) is 0 Å². The monoisotopic (exact) mass is 653 g/mol. The van der Waals surface area contributed by atoms with Gasteiger partial charge in [-0.15, -0.1) is 0 Å². The first kappa shape index (κ1) is 32.1. The predicted molar refractivity (Wildman–Crippen MR) is 164 cm³/mol. The first-order valence-electron chi connectivity index (χ1n) is 13.6. The van der Waals surface area contributed by atoms with Gasteiger partial charge in [0.2, 0.25) is 11.8 Å². The van der Waals surface area contributed by atoms with Crippen molar-refractivity contribution >= 4 is 62.3 Å². The Morgan fingerprint density at radius 1 is 0.976 bits per heavy atom. The van der Waals surface area contributed by atoms with E-state index in [1.54, 1.807) is 37.3 Å². The Kier molecular flexibility index (Phi) is 10.8. The second-order valence-electron chi connectivity index (χ2n) is 10.1. The highest BCUT2D eigenvalue weighted by Crippen LogP contribution is 2.29. The molecule has 0 spiro atoms. The highest BCUT2D eigenvalue weighted by atomic mass is 35.5. The number of hydrogen-bond acceptors (Lipinski definition) is 4. The van der Waals surface area contributed by atoms with Gasteiger partial charge in [-0.2, -0.15) is 0 Å². The molecule has 4 rings (SSSR count). The molecule has 3 aromatic rings. The fourth-order valence-electron chi connectivity index (χ4n) is 5.01. The SMILES string of the molecule is CC[C@H](C(=O)NC1CCCC1)N(Cc1ccc(Cl)cc1Cl)C(=O)CN(c1ccc(F)c(Cl)c1)S(=O)(=O)c1ccccc1. The van der Waals surface area contributed by atoms with E-state index in [2.05, 4.69) is 5.32 Å². The summed E-state index contributed by atoms with van der Waals surface area (Å²) in [5.41, 5.74) is 0.523. The van der Waals surface area contributed by atoms with Crippen LogP contribution in [0.1, 0.15) is 44.6 Å². The lowest BCUT2D eigenvalue weighted by Crippen LogP contribution is -2.53. The van der Waals surface area contributed by atoms with E-state index in [0.29, 0.717) is 15.6 Å². The molecule has 2 amide bonds. The summed E-state index contributed by atoms with van der Waals surface area (Å²) in [6.07, 6.45) is 4.00. The zero-order valence-corrected chi connectivity index (χ0v) is 26.0. The third-order valence-corrected chi connectivity index (χ3v) is 9.91. The highest BCUT2D eigenvalue weighted by Gasteiger charge is 2.35. The normalized spacial score (nSPS) is 14.4. The Balaban J connectivity index is 1.74. The first-order chi connectivity index (χ1) is 20.0. The Labute approximate surface area is 260 Å². The zero-order valence-electron chi connectivity index (χ0n) is 22.9. The summed E-state index contributed by atoms with van der Waals surface area (Å²) in [6, 6.07) is 14.9. The van der Waals surface area contributed by atoms with Crippen LogP contribution in [-0.4, -0.2) is 43.8 Å². The van der Waals surface area contributed by atoms with E-state index in [-0.39, 0.29) is 40.5 Å². The fourth-order valence-corrected chi connectivity index (χ4v) is 7.08. The lowest BCUT2D eigenvalue weighted by atomic mass is 10.1. The van der Waals surface area contributed by atoms with Gasteiger partial charge in [-0.25, -0.2) is 12.8 Å². The molecular formula is C30H31Cl3FN3O4S. The van der Waals surface area contributed by atoms with E-state index in [4.69, 9.17) is 34.8 Å². The van der Waals surface area contributed by atoms with Crippen molar-refractivity contribution in [2.45, 2.75) is 62.6 Å². The summed E-state index contributed by atoms with van der Waals surface area (Å²) < 4.78 is 42.6. The zero-order chi connectivity index (χ0) is 30.4. The van der Waals surface area contributed by atoms with Crippen LogP contribution < -0.4 is 9.62 Å². The summed E-state index contributed by atoms with van der Waals surface area (Å²) in [6.45, 7) is 1.02. The molecular weight excluding hydrogens is 624 g/mol. The molecule has 1 saturated carbocycles. The number of carbonyl (C=O) groups excluding carboxylic acids is 2. The second kappa shape index (κ2) is 14.1. The molecule has 0 radical (unpaired) electrons. The molecule has 0 bridgehead atoms. The van der Waals surface area contributed by atoms with Crippen molar-refractivity contribution in [1.82, 2.24) is 10.2 Å². The van der Waals surface area contributed by atoms with Crippen LogP contribution in [-0.2, 0) is 26.2 Å². The summed E-state index contributed by atoms with van der Waals surface area (Å²) in [7, 11) is -4.31. The maximum absolute atomic E-state index is 14.1. The van der Waals surface area contributed by atoms with Gasteiger partial charge < -0.3 is 10.2 Å². The van der Waals surface area contributed by atoms with Gasteiger partial charge in [0.1, 0.15) is 18.4 Å². The summed E-state index contributed by atoms with van der Waals surface area (Å²) >= 11 is 18.5. The van der Waals surface area contributed by atoms with Crippen LogP contribution in [0.4, 0.5) is 10.1 Å². The van der Waals surface area contributed by atoms with Crippen molar-refractivity contribution in [1.29, 1.82) is 0 Å². The van der Waals surface area contributed by atoms with Gasteiger partial charge in [0.15, 0.2) is 0 Å². The molecule has 1 fully saturated rings. The largest absolute Gasteiger partial charge is 0.352 e. The van der Waals surface area contributed by atoms with Crippen molar-refractivity contribution in [3.63, 3.8) is 0 Å². The van der Waals surface area contributed by atoms with Crippen LogP contribution >= 0.6 is 34.8 Å². The number of amides is 2. The second-order valence-corrected chi connectivity index (χ2v) is 13.2. The molecule has 3 aromatic carbocycles. The van der Waals surface area contributed by atoms with Crippen LogP contribution in [0.5, 0.6) is 0 Å². The molecule has 224 valence electrons. The summed E-state index contributed by atoms with van der Waals surface area (Å²) in [5.74, 6) is -1.73. The smallest absolute Gasteiger partial charge is 0.264 e. The maximum Gasteiger partial charge on any atom is 0.264 e.